The molecule has 0 heterocycles. The lowest BCUT2D eigenvalue weighted by Gasteiger charge is -2.46. The lowest BCUT2D eigenvalue weighted by atomic mass is 9.83. The molecule has 45 heavy (non-hydrogen) atoms. The van der Waals surface area contributed by atoms with E-state index in [-0.39, 0.29) is 0 Å². The van der Waals surface area contributed by atoms with Gasteiger partial charge in [-0.1, -0.05) is 0 Å². The second kappa shape index (κ2) is 10.8. The Kier molecular flexibility index (Phi) is 10.3. The third-order valence-electron chi connectivity index (χ3n) is 5.49. The number of rotatable bonds is 15. The van der Waals surface area contributed by atoms with Crippen LogP contribution >= 0.6 is 12.6 Å². The molecule has 0 fully saturated rings. The number of carboxylic acid groups (broad SMARTS) is 1. The Morgan fingerprint density at radius 1 is 0.378 bits per heavy atom. The summed E-state index contributed by atoms with van der Waals surface area (Å²) < 4.78 is 351. The highest BCUT2D eigenvalue weighted by atomic mass is 32.1. The van der Waals surface area contributed by atoms with Crippen molar-refractivity contribution in [3.63, 3.8) is 0 Å². The van der Waals surface area contributed by atoms with Crippen LogP contribution in [0.1, 0.15) is 6.42 Å². The molecule has 0 aliphatic rings. The Balaban J connectivity index is 7.50. The molecule has 0 saturated heterocycles. The molecule has 270 valence electrons. The van der Waals surface area contributed by atoms with Gasteiger partial charge in [0.05, 0.1) is 0 Å². The van der Waals surface area contributed by atoms with E-state index < -0.39 is 95.1 Å². The quantitative estimate of drug-likeness (QED) is 0.130. The molecule has 0 saturated carbocycles. The summed E-state index contributed by atoms with van der Waals surface area (Å²) in [5, 5.41) is 7.69. The zero-order valence-electron chi connectivity index (χ0n) is 19.5. The zero-order chi connectivity index (χ0) is 37.5. The first kappa shape index (κ1) is 43.0. The van der Waals surface area contributed by atoms with Crippen LogP contribution in [0.4, 0.5) is 114 Å². The summed E-state index contributed by atoms with van der Waals surface area (Å²) in [6, 6.07) is 0. The molecule has 0 spiro atoms. The highest BCUT2D eigenvalue weighted by molar-refractivity contribution is 7.80. The maximum absolute atomic E-state index is 13.7. The fourth-order valence-electron chi connectivity index (χ4n) is 2.63. The molecule has 0 rings (SSSR count). The average Bonchev–Trinajstić information content (AvgIpc) is 2.82. The van der Waals surface area contributed by atoms with E-state index in [1.807, 2.05) is 0 Å². The van der Waals surface area contributed by atoms with Gasteiger partial charge in [-0.15, -0.1) is 0 Å². The molecule has 0 aromatic heterocycles. The van der Waals surface area contributed by atoms with Gasteiger partial charge in [-0.3, -0.25) is 0 Å². The number of thiol groups is 1. The molecule has 0 atom stereocenters. The van der Waals surface area contributed by atoms with E-state index in [2.05, 4.69) is 12.6 Å². The molecule has 1 N–H and O–H groups in total. The van der Waals surface area contributed by atoms with Gasteiger partial charge in [0.1, 0.15) is 0 Å². The fourth-order valence-corrected chi connectivity index (χ4v) is 2.91. The lowest BCUT2D eigenvalue weighted by molar-refractivity contribution is -0.481. The Bertz CT molecular complexity index is 1110. The van der Waals surface area contributed by atoms with E-state index in [0.717, 1.165) is 0 Å². The summed E-state index contributed by atoms with van der Waals surface area (Å²) in [4.78, 5) is 9.95. The molecular formula is C16H6F26O2S. The first-order valence-corrected chi connectivity index (χ1v) is 10.4. The number of carboxylic acids is 1. The number of aliphatic carboxylic acids is 1. The highest BCUT2D eigenvalue weighted by Crippen LogP contribution is 2.68. The minimum Gasteiger partial charge on any atom is -0.477 e. The van der Waals surface area contributed by atoms with Crippen molar-refractivity contribution in [1.29, 1.82) is 0 Å². The Labute approximate surface area is 233 Å². The first-order valence-electron chi connectivity index (χ1n) is 9.76. The predicted molar refractivity (Wildman–Crippen MR) is 90.4 cm³/mol. The van der Waals surface area contributed by atoms with Gasteiger partial charge in [-0.2, -0.15) is 127 Å². The normalized spacial score (nSPS) is 16.7. The van der Waals surface area contributed by atoms with Crippen molar-refractivity contribution in [2.75, 3.05) is 5.75 Å². The smallest absolute Gasteiger partial charge is 0.410 e. The third-order valence-corrected chi connectivity index (χ3v) is 5.72. The van der Waals surface area contributed by atoms with Gasteiger partial charge in [0.15, 0.2) is 0 Å². The van der Waals surface area contributed by atoms with Crippen LogP contribution in [0.2, 0.25) is 0 Å². The van der Waals surface area contributed by atoms with Gasteiger partial charge in [-0.25, -0.2) is 4.79 Å². The van der Waals surface area contributed by atoms with Gasteiger partial charge in [0.2, 0.25) is 0 Å². The van der Waals surface area contributed by atoms with Crippen LogP contribution in [0.5, 0.6) is 0 Å². The van der Waals surface area contributed by atoms with Crippen molar-refractivity contribution in [2.45, 2.75) is 83.4 Å². The van der Waals surface area contributed by atoms with Gasteiger partial charge < -0.3 is 5.11 Å². The molecule has 0 aromatic carbocycles. The molecule has 29 heteroatoms. The van der Waals surface area contributed by atoms with Gasteiger partial charge in [0, 0.05) is 6.42 Å². The molecule has 0 aromatic rings. The second-order valence-electron chi connectivity index (χ2n) is 8.38. The van der Waals surface area contributed by atoms with Gasteiger partial charge in [-0.05, 0) is 5.75 Å². The second-order valence-corrected chi connectivity index (χ2v) is 8.82. The summed E-state index contributed by atoms with van der Waals surface area (Å²) >= 11 is 2.70. The molecule has 0 unspecified atom stereocenters. The SMILES string of the molecule is O=C(O)C(F)(F)C(F)(F)C(F)(F)C(F)(F)C(F)(F)C(F)(F)C(F)(F)C(F)(F)C(F)(F)C(F)(F)C(F)(F)C(F)(F)C(F)(F)CCS. The summed E-state index contributed by atoms with van der Waals surface area (Å²) in [6.07, 6.45) is -2.88. The summed E-state index contributed by atoms with van der Waals surface area (Å²) in [6.45, 7) is 0. The molecule has 0 amide bonds. The third kappa shape index (κ3) is 4.99. The monoisotopic (exact) mass is 756 g/mol. The molecular weight excluding hydrogens is 750 g/mol. The minimum atomic E-state index is -9.78. The first-order chi connectivity index (χ1) is 19.0. The van der Waals surface area contributed by atoms with Crippen LogP contribution in [0.3, 0.4) is 0 Å². The Morgan fingerprint density at radius 3 is 0.733 bits per heavy atom. The number of hydrogen-bond acceptors (Lipinski definition) is 2. The van der Waals surface area contributed by atoms with Crippen LogP contribution in [-0.4, -0.2) is 93.8 Å². The van der Waals surface area contributed by atoms with Gasteiger partial charge >= 0.3 is 83.0 Å². The van der Waals surface area contributed by atoms with Crippen molar-refractivity contribution in [3.8, 4) is 0 Å². The topological polar surface area (TPSA) is 37.3 Å². The standard InChI is InChI=1S/C16H6F26O2S/c17-4(18,1-2-45)6(21,22)8(25,26)10(29,30)12(33,34)14(37,38)16(41,42)15(39,40)13(35,36)11(31,32)9(27,28)7(23,24)5(19,20)3(43)44/h45H,1-2H2,(H,43,44). The van der Waals surface area contributed by atoms with Crippen molar-refractivity contribution in [1.82, 2.24) is 0 Å². The van der Waals surface area contributed by atoms with E-state index in [1.54, 1.807) is 0 Å². The van der Waals surface area contributed by atoms with Crippen LogP contribution < -0.4 is 0 Å². The van der Waals surface area contributed by atoms with Crippen LogP contribution in [0.15, 0.2) is 0 Å². The van der Waals surface area contributed by atoms with Crippen LogP contribution in [-0.2, 0) is 4.79 Å². The van der Waals surface area contributed by atoms with E-state index in [1.165, 1.54) is 0 Å². The maximum atomic E-state index is 13.7. The predicted octanol–water partition coefficient (Wildman–Crippen LogP) is 8.65. The van der Waals surface area contributed by atoms with Crippen molar-refractivity contribution in [2.24, 2.45) is 0 Å². The minimum absolute atomic E-state index is 1.79. The number of alkyl halides is 26. The van der Waals surface area contributed by atoms with E-state index in [0.29, 0.717) is 0 Å². The number of carbonyl (C=O) groups is 1. The molecule has 2 nitrogen and oxygen atoms in total. The summed E-state index contributed by atoms with van der Waals surface area (Å²) in [5.74, 6) is -123. The number of halogens is 26. The lowest BCUT2D eigenvalue weighted by Crippen LogP contribution is -2.79. The summed E-state index contributed by atoms with van der Waals surface area (Å²) in [7, 11) is 0. The molecule has 0 bridgehead atoms. The van der Waals surface area contributed by atoms with E-state index >= 15 is 0 Å². The van der Waals surface area contributed by atoms with Crippen molar-refractivity contribution in [3.05, 3.63) is 0 Å². The molecule has 0 aliphatic carbocycles. The average molecular weight is 756 g/mol. The van der Waals surface area contributed by atoms with Crippen LogP contribution in [0, 0.1) is 0 Å². The van der Waals surface area contributed by atoms with Crippen molar-refractivity contribution < 1.29 is 124 Å². The zero-order valence-corrected chi connectivity index (χ0v) is 20.4. The van der Waals surface area contributed by atoms with E-state index in [4.69, 9.17) is 5.11 Å². The van der Waals surface area contributed by atoms with Gasteiger partial charge in [0.25, 0.3) is 0 Å². The molecule has 0 aliphatic heterocycles. The maximum Gasteiger partial charge on any atom is 0.410 e. The largest absolute Gasteiger partial charge is 0.477 e. The molecule has 0 radical (unpaired) electrons. The number of hydrogen-bond donors (Lipinski definition) is 2. The Hall–Kier alpha value is -2.00. The van der Waals surface area contributed by atoms with Crippen molar-refractivity contribution >= 4 is 18.6 Å². The van der Waals surface area contributed by atoms with E-state index in [9.17, 15) is 119 Å². The Morgan fingerprint density at radius 2 is 0.556 bits per heavy atom. The van der Waals surface area contributed by atoms with Crippen LogP contribution in [0.25, 0.3) is 0 Å². The summed E-state index contributed by atoms with van der Waals surface area (Å²) in [5.41, 5.74) is 0. The fraction of sp³-hybridized carbons (Fsp3) is 0.938. The highest BCUT2D eigenvalue weighted by Gasteiger charge is 3.00.